The van der Waals surface area contributed by atoms with Gasteiger partial charge >= 0.3 is 18.0 Å². The van der Waals surface area contributed by atoms with E-state index in [0.717, 1.165) is 44.3 Å². The average Bonchev–Trinajstić information content (AvgIpc) is 2.77. The van der Waals surface area contributed by atoms with Crippen LogP contribution in [0.3, 0.4) is 0 Å². The third-order valence-corrected chi connectivity index (χ3v) is 6.45. The largest absolute Gasteiger partial charge is 0.465 e. The molecule has 2 aliphatic rings. The summed E-state index contributed by atoms with van der Waals surface area (Å²) in [6, 6.07) is 4.10. The molecular formula is C24H35N3O5. The van der Waals surface area contributed by atoms with Crippen LogP contribution in [0.5, 0.6) is 0 Å². The van der Waals surface area contributed by atoms with Gasteiger partial charge in [0, 0.05) is 32.7 Å². The average molecular weight is 446 g/mol. The van der Waals surface area contributed by atoms with Crippen LogP contribution in [-0.4, -0.2) is 74.7 Å². The van der Waals surface area contributed by atoms with Gasteiger partial charge < -0.3 is 24.6 Å². The maximum absolute atomic E-state index is 12.9. The van der Waals surface area contributed by atoms with Crippen LogP contribution in [0, 0.1) is 17.8 Å². The molecule has 3 rings (SSSR count). The molecule has 176 valence electrons. The number of anilines is 1. The van der Waals surface area contributed by atoms with E-state index in [-0.39, 0.29) is 22.8 Å². The summed E-state index contributed by atoms with van der Waals surface area (Å²) in [4.78, 5) is 41.2. The number of likely N-dealkylation sites (tertiary alicyclic amines) is 2. The molecular weight excluding hydrogens is 410 g/mol. The second-order valence-corrected chi connectivity index (χ2v) is 9.27. The van der Waals surface area contributed by atoms with Gasteiger partial charge in [0.25, 0.3) is 0 Å². The molecule has 2 aliphatic heterocycles. The highest BCUT2D eigenvalue weighted by molar-refractivity contribution is 6.03. The Morgan fingerprint density at radius 2 is 1.62 bits per heavy atom. The molecule has 0 aliphatic carbocycles. The van der Waals surface area contributed by atoms with Crippen molar-refractivity contribution in [3.05, 3.63) is 29.3 Å². The first-order chi connectivity index (χ1) is 15.3. The molecule has 8 nitrogen and oxygen atoms in total. The summed E-state index contributed by atoms with van der Waals surface area (Å²) < 4.78 is 9.55. The predicted molar refractivity (Wildman–Crippen MR) is 122 cm³/mol. The fourth-order valence-electron chi connectivity index (χ4n) is 5.00. The lowest BCUT2D eigenvalue weighted by Gasteiger charge is -2.39. The SMILES string of the molecule is COC(=O)c1ccc(C(=O)OC)c(NC(=O)N2CCC(CN3CC(C)CC(C)C3)CC2)c1. The van der Waals surface area contributed by atoms with Crippen molar-refractivity contribution in [3.8, 4) is 0 Å². The third kappa shape index (κ3) is 6.00. The van der Waals surface area contributed by atoms with E-state index in [1.165, 1.54) is 38.8 Å². The Labute approximate surface area is 190 Å². The molecule has 1 aromatic rings. The highest BCUT2D eigenvalue weighted by Gasteiger charge is 2.28. The van der Waals surface area contributed by atoms with Crippen LogP contribution >= 0.6 is 0 Å². The van der Waals surface area contributed by atoms with Gasteiger partial charge in [-0.3, -0.25) is 0 Å². The summed E-state index contributed by atoms with van der Waals surface area (Å²) >= 11 is 0. The maximum atomic E-state index is 12.9. The van der Waals surface area contributed by atoms with Gasteiger partial charge in [0.2, 0.25) is 0 Å². The minimum atomic E-state index is -0.583. The van der Waals surface area contributed by atoms with Crippen LogP contribution in [0.4, 0.5) is 10.5 Å². The lowest BCUT2D eigenvalue weighted by molar-refractivity contribution is 0.0587. The summed E-state index contributed by atoms with van der Waals surface area (Å²) in [5.74, 6) is 0.952. The molecule has 1 aromatic carbocycles. The molecule has 2 fully saturated rings. The Kier molecular flexibility index (Phi) is 8.12. The monoisotopic (exact) mass is 445 g/mol. The molecule has 1 N–H and O–H groups in total. The Morgan fingerprint density at radius 3 is 2.22 bits per heavy atom. The van der Waals surface area contributed by atoms with E-state index < -0.39 is 11.9 Å². The van der Waals surface area contributed by atoms with Gasteiger partial charge in [0.05, 0.1) is 31.0 Å². The van der Waals surface area contributed by atoms with Gasteiger partial charge in [-0.05, 0) is 55.2 Å². The number of nitrogens with zero attached hydrogens (tertiary/aromatic N) is 2. The van der Waals surface area contributed by atoms with Gasteiger partial charge in [-0.15, -0.1) is 0 Å². The van der Waals surface area contributed by atoms with E-state index in [2.05, 4.69) is 24.1 Å². The standard InChI is InChI=1S/C24H35N3O5/c1-16-11-17(2)14-26(13-16)15-18-7-9-27(10-8-18)24(30)25-21-12-19(22(28)31-3)5-6-20(21)23(29)32-4/h5-6,12,16-18H,7-11,13-15H2,1-4H3,(H,25,30). The number of carbonyl (C=O) groups is 3. The van der Waals surface area contributed by atoms with Crippen molar-refractivity contribution in [1.29, 1.82) is 0 Å². The van der Waals surface area contributed by atoms with Crippen LogP contribution in [0.2, 0.25) is 0 Å². The van der Waals surface area contributed by atoms with Crippen molar-refractivity contribution in [3.63, 3.8) is 0 Å². The molecule has 0 bridgehead atoms. The van der Waals surface area contributed by atoms with Crippen LogP contribution in [0.15, 0.2) is 18.2 Å². The van der Waals surface area contributed by atoms with Crippen LogP contribution < -0.4 is 5.32 Å². The number of urea groups is 1. The minimum Gasteiger partial charge on any atom is -0.465 e. The van der Waals surface area contributed by atoms with E-state index in [1.807, 2.05) is 0 Å². The first kappa shape index (κ1) is 24.0. The van der Waals surface area contributed by atoms with Crippen LogP contribution in [-0.2, 0) is 9.47 Å². The van der Waals surface area contributed by atoms with Gasteiger partial charge in [0.1, 0.15) is 0 Å². The smallest absolute Gasteiger partial charge is 0.339 e. The molecule has 2 amide bonds. The van der Waals surface area contributed by atoms with E-state index in [4.69, 9.17) is 9.47 Å². The molecule has 2 saturated heterocycles. The van der Waals surface area contributed by atoms with E-state index >= 15 is 0 Å². The van der Waals surface area contributed by atoms with Crippen molar-refractivity contribution in [2.75, 3.05) is 52.3 Å². The van der Waals surface area contributed by atoms with Gasteiger partial charge in [-0.2, -0.15) is 0 Å². The first-order valence-corrected chi connectivity index (χ1v) is 11.4. The van der Waals surface area contributed by atoms with Gasteiger partial charge in [-0.1, -0.05) is 13.8 Å². The highest BCUT2D eigenvalue weighted by atomic mass is 16.5. The summed E-state index contributed by atoms with van der Waals surface area (Å²) in [7, 11) is 2.56. The van der Waals surface area contributed by atoms with Crippen molar-refractivity contribution in [1.82, 2.24) is 9.80 Å². The van der Waals surface area contributed by atoms with Crippen LogP contribution in [0.1, 0.15) is 53.8 Å². The van der Waals surface area contributed by atoms with Crippen molar-refractivity contribution < 1.29 is 23.9 Å². The Balaban J connectivity index is 1.59. The zero-order chi connectivity index (χ0) is 23.3. The molecule has 0 spiro atoms. The van der Waals surface area contributed by atoms with Crippen molar-refractivity contribution in [2.24, 2.45) is 17.8 Å². The normalized spacial score (nSPS) is 22.3. The second kappa shape index (κ2) is 10.8. The lowest BCUT2D eigenvalue weighted by Crippen LogP contribution is -2.46. The fourth-order valence-corrected chi connectivity index (χ4v) is 5.00. The number of methoxy groups -OCH3 is 2. The number of nitrogens with one attached hydrogen (secondary N) is 1. The van der Waals surface area contributed by atoms with E-state index in [1.54, 1.807) is 4.90 Å². The topological polar surface area (TPSA) is 88.2 Å². The van der Waals surface area contributed by atoms with Gasteiger partial charge in [0.15, 0.2) is 0 Å². The molecule has 8 heteroatoms. The number of ether oxygens (including phenoxy) is 2. The summed E-state index contributed by atoms with van der Waals surface area (Å²) in [6.07, 6.45) is 3.22. The molecule has 32 heavy (non-hydrogen) atoms. The third-order valence-electron chi connectivity index (χ3n) is 6.45. The molecule has 0 radical (unpaired) electrons. The highest BCUT2D eigenvalue weighted by Crippen LogP contribution is 2.26. The predicted octanol–water partition coefficient (Wildman–Crippen LogP) is 3.48. The molecule has 2 unspecified atom stereocenters. The first-order valence-electron chi connectivity index (χ1n) is 11.4. The van der Waals surface area contributed by atoms with Crippen molar-refractivity contribution in [2.45, 2.75) is 33.1 Å². The summed E-state index contributed by atoms with van der Waals surface area (Å²) in [5.41, 5.74) is 0.680. The summed E-state index contributed by atoms with van der Waals surface area (Å²) in [6.45, 7) is 9.41. The van der Waals surface area contributed by atoms with E-state index in [9.17, 15) is 14.4 Å². The number of hydrogen-bond acceptors (Lipinski definition) is 6. The second-order valence-electron chi connectivity index (χ2n) is 9.27. The number of hydrogen-bond donors (Lipinski definition) is 1. The number of piperidine rings is 2. The van der Waals surface area contributed by atoms with Crippen molar-refractivity contribution >= 4 is 23.7 Å². The zero-order valence-electron chi connectivity index (χ0n) is 19.6. The molecule has 0 saturated carbocycles. The molecule has 0 aromatic heterocycles. The Bertz CT molecular complexity index is 825. The number of carbonyl (C=O) groups excluding carboxylic acids is 3. The summed E-state index contributed by atoms with van der Waals surface area (Å²) in [5, 5.41) is 2.79. The zero-order valence-corrected chi connectivity index (χ0v) is 19.6. The molecule has 2 heterocycles. The Morgan fingerprint density at radius 1 is 1.00 bits per heavy atom. The lowest BCUT2D eigenvalue weighted by atomic mass is 9.89. The fraction of sp³-hybridized carbons (Fsp3) is 0.625. The Hall–Kier alpha value is -2.61. The quantitative estimate of drug-likeness (QED) is 0.698. The van der Waals surface area contributed by atoms with E-state index in [0.29, 0.717) is 19.0 Å². The molecule has 2 atom stereocenters. The number of benzene rings is 1. The van der Waals surface area contributed by atoms with Crippen LogP contribution in [0.25, 0.3) is 0 Å². The number of esters is 2. The number of rotatable bonds is 5. The maximum Gasteiger partial charge on any atom is 0.339 e. The number of amides is 2. The minimum absolute atomic E-state index is 0.191. The van der Waals surface area contributed by atoms with Gasteiger partial charge in [-0.25, -0.2) is 14.4 Å².